The van der Waals surface area contributed by atoms with Gasteiger partial charge in [0.2, 0.25) is 9.84 Å². The molecule has 1 amide bonds. The molecule has 0 aliphatic carbocycles. The zero-order chi connectivity index (χ0) is 27.4. The van der Waals surface area contributed by atoms with E-state index in [0.29, 0.717) is 36.2 Å². The molecule has 2 aromatic heterocycles. The quantitative estimate of drug-likeness (QED) is 0.320. The van der Waals surface area contributed by atoms with Crippen LogP contribution >= 0.6 is 0 Å². The minimum Gasteiger partial charge on any atom is -0.407 e. The number of nitrogens with one attached hydrogen (secondary N) is 1. The van der Waals surface area contributed by atoms with E-state index in [4.69, 9.17) is 4.74 Å². The molecule has 4 rings (SSSR count). The minimum absolute atomic E-state index is 0.106. The number of pyridine rings is 1. The maximum atomic E-state index is 16.1. The number of hydrogen-bond donors (Lipinski definition) is 1. The first-order valence-corrected chi connectivity index (χ1v) is 13.1. The van der Waals surface area contributed by atoms with Crippen molar-refractivity contribution in [1.82, 2.24) is 20.1 Å². The third-order valence-electron chi connectivity index (χ3n) is 5.58. The Hall–Kier alpha value is -4.19. The van der Waals surface area contributed by atoms with Gasteiger partial charge < -0.3 is 10.1 Å². The molecule has 12 heteroatoms. The van der Waals surface area contributed by atoms with E-state index >= 15 is 4.39 Å². The number of halogens is 3. The van der Waals surface area contributed by atoms with Crippen LogP contribution in [0, 0.1) is 17.5 Å². The molecule has 38 heavy (non-hydrogen) atoms. The van der Waals surface area contributed by atoms with Gasteiger partial charge in [-0.05, 0) is 61.4 Å². The molecular formula is C26H23F3N4O4S. The topological polar surface area (TPSA) is 103 Å². The van der Waals surface area contributed by atoms with Crippen LogP contribution in [0.4, 0.5) is 18.0 Å². The van der Waals surface area contributed by atoms with Crippen LogP contribution in [0.1, 0.15) is 20.3 Å². The van der Waals surface area contributed by atoms with Crippen molar-refractivity contribution in [2.24, 2.45) is 0 Å². The smallest absolute Gasteiger partial charge is 0.407 e. The number of ether oxygens (including phenoxy) is 1. The molecule has 2 heterocycles. The summed E-state index contributed by atoms with van der Waals surface area (Å²) in [6.45, 7) is 4.22. The van der Waals surface area contributed by atoms with Crippen LogP contribution in [0.3, 0.4) is 0 Å². The highest BCUT2D eigenvalue weighted by Crippen LogP contribution is 2.41. The van der Waals surface area contributed by atoms with Gasteiger partial charge in [0.15, 0.2) is 11.6 Å². The first kappa shape index (κ1) is 26.9. The standard InChI is InChI=1S/C26H23F3N4O4S/c1-3-11-31-26(34)37-20-7-8-21(38(35,36)22-14-17(27)5-6-19(22)28)23(24(20)29)25-18(15-33(4-2)32-25)16-9-12-30-13-10-16/h5-10,12-15H,3-4,11H2,1-2H3,(H,31,34). The summed E-state index contributed by atoms with van der Waals surface area (Å²) in [4.78, 5) is 14.5. The molecule has 0 saturated heterocycles. The molecular weight excluding hydrogens is 521 g/mol. The molecule has 2 aromatic carbocycles. The van der Waals surface area contributed by atoms with E-state index in [-0.39, 0.29) is 12.2 Å². The average molecular weight is 545 g/mol. The Morgan fingerprint density at radius 3 is 2.45 bits per heavy atom. The Kier molecular flexibility index (Phi) is 7.81. The van der Waals surface area contributed by atoms with E-state index in [1.54, 1.807) is 25.3 Å². The summed E-state index contributed by atoms with van der Waals surface area (Å²) < 4.78 is 78.5. The highest BCUT2D eigenvalue weighted by Gasteiger charge is 2.32. The average Bonchev–Trinajstić information content (AvgIpc) is 3.34. The Balaban J connectivity index is 2.01. The van der Waals surface area contributed by atoms with Crippen LogP contribution in [0.25, 0.3) is 22.4 Å². The fourth-order valence-corrected chi connectivity index (χ4v) is 5.27. The highest BCUT2D eigenvalue weighted by atomic mass is 32.2. The Labute approximate surface area is 217 Å². The van der Waals surface area contributed by atoms with Crippen molar-refractivity contribution in [3.8, 4) is 28.1 Å². The molecule has 0 atom stereocenters. The fourth-order valence-electron chi connectivity index (χ4n) is 3.74. The molecule has 1 N–H and O–H groups in total. The van der Waals surface area contributed by atoms with Gasteiger partial charge in [0.25, 0.3) is 0 Å². The predicted molar refractivity (Wildman–Crippen MR) is 133 cm³/mol. The first-order chi connectivity index (χ1) is 18.2. The molecule has 0 unspecified atom stereocenters. The van der Waals surface area contributed by atoms with Gasteiger partial charge in [-0.25, -0.2) is 26.4 Å². The normalized spacial score (nSPS) is 11.4. The second kappa shape index (κ2) is 11.1. The molecule has 0 bridgehead atoms. The Morgan fingerprint density at radius 2 is 1.76 bits per heavy atom. The number of aryl methyl sites for hydroxylation is 1. The van der Waals surface area contributed by atoms with Crippen molar-refractivity contribution >= 4 is 15.9 Å². The van der Waals surface area contributed by atoms with Crippen LogP contribution in [0.15, 0.2) is 70.8 Å². The number of aromatic nitrogens is 3. The molecule has 0 aliphatic heterocycles. The van der Waals surface area contributed by atoms with Crippen molar-refractivity contribution in [3.63, 3.8) is 0 Å². The zero-order valence-corrected chi connectivity index (χ0v) is 21.2. The van der Waals surface area contributed by atoms with Gasteiger partial charge in [-0.1, -0.05) is 6.92 Å². The molecule has 4 aromatic rings. The summed E-state index contributed by atoms with van der Waals surface area (Å²) in [7, 11) is -4.82. The number of benzene rings is 2. The van der Waals surface area contributed by atoms with Gasteiger partial charge in [0.1, 0.15) is 22.2 Å². The van der Waals surface area contributed by atoms with E-state index < -0.39 is 54.5 Å². The molecule has 198 valence electrons. The summed E-state index contributed by atoms with van der Waals surface area (Å²) in [6, 6.07) is 7.12. The van der Waals surface area contributed by atoms with Crippen molar-refractivity contribution in [2.75, 3.05) is 6.54 Å². The first-order valence-electron chi connectivity index (χ1n) is 11.6. The number of nitrogens with zero attached hydrogens (tertiary/aromatic N) is 3. The second-order valence-electron chi connectivity index (χ2n) is 8.13. The molecule has 8 nitrogen and oxygen atoms in total. The van der Waals surface area contributed by atoms with Crippen molar-refractivity contribution < 1.29 is 31.1 Å². The van der Waals surface area contributed by atoms with Crippen LogP contribution in [-0.2, 0) is 16.4 Å². The predicted octanol–water partition coefficient (Wildman–Crippen LogP) is 5.38. The molecule has 0 radical (unpaired) electrons. The third kappa shape index (κ3) is 5.25. The van der Waals surface area contributed by atoms with Crippen LogP contribution < -0.4 is 10.1 Å². The Bertz CT molecular complexity index is 1590. The van der Waals surface area contributed by atoms with Crippen LogP contribution in [0.5, 0.6) is 5.75 Å². The minimum atomic E-state index is -4.82. The number of hydrogen-bond acceptors (Lipinski definition) is 6. The van der Waals surface area contributed by atoms with Crippen molar-refractivity contribution in [1.29, 1.82) is 0 Å². The summed E-state index contributed by atoms with van der Waals surface area (Å²) in [6.07, 6.45) is 4.23. The summed E-state index contributed by atoms with van der Waals surface area (Å²) in [5.74, 6) is -4.00. The van der Waals surface area contributed by atoms with E-state index in [2.05, 4.69) is 15.4 Å². The van der Waals surface area contributed by atoms with Crippen molar-refractivity contribution in [2.45, 2.75) is 36.6 Å². The van der Waals surface area contributed by atoms with E-state index in [1.807, 2.05) is 6.92 Å². The molecule has 0 saturated carbocycles. The number of rotatable bonds is 8. The van der Waals surface area contributed by atoms with Crippen LogP contribution in [0.2, 0.25) is 0 Å². The lowest BCUT2D eigenvalue weighted by Gasteiger charge is -2.15. The summed E-state index contributed by atoms with van der Waals surface area (Å²) >= 11 is 0. The summed E-state index contributed by atoms with van der Waals surface area (Å²) in [5, 5.41) is 6.82. The van der Waals surface area contributed by atoms with Crippen molar-refractivity contribution in [3.05, 3.63) is 78.5 Å². The van der Waals surface area contributed by atoms with E-state index in [9.17, 15) is 22.0 Å². The number of sulfone groups is 1. The third-order valence-corrected chi connectivity index (χ3v) is 7.39. The van der Waals surface area contributed by atoms with Gasteiger partial charge in [-0.3, -0.25) is 9.67 Å². The zero-order valence-electron chi connectivity index (χ0n) is 20.4. The lowest BCUT2D eigenvalue weighted by atomic mass is 10.0. The van der Waals surface area contributed by atoms with E-state index in [1.165, 1.54) is 17.1 Å². The molecule has 0 spiro atoms. The van der Waals surface area contributed by atoms with Gasteiger partial charge in [0.05, 0.1) is 10.5 Å². The Morgan fingerprint density at radius 1 is 1.03 bits per heavy atom. The maximum absolute atomic E-state index is 16.1. The van der Waals surface area contributed by atoms with Gasteiger partial charge >= 0.3 is 6.09 Å². The lowest BCUT2D eigenvalue weighted by molar-refractivity contribution is 0.198. The monoisotopic (exact) mass is 544 g/mol. The van der Waals surface area contributed by atoms with E-state index in [0.717, 1.165) is 18.2 Å². The molecule has 0 aliphatic rings. The van der Waals surface area contributed by atoms with Gasteiger partial charge in [-0.2, -0.15) is 5.10 Å². The molecule has 0 fully saturated rings. The SMILES string of the molecule is CCCNC(=O)Oc1ccc(S(=O)(=O)c2cc(F)ccc2F)c(-c2nn(CC)cc2-c2ccncc2)c1F. The second-order valence-corrected chi connectivity index (χ2v) is 10.0. The summed E-state index contributed by atoms with van der Waals surface area (Å²) in [5.41, 5.74) is 0.220. The lowest BCUT2D eigenvalue weighted by Crippen LogP contribution is -2.27. The van der Waals surface area contributed by atoms with Gasteiger partial charge in [-0.15, -0.1) is 0 Å². The number of amides is 1. The largest absolute Gasteiger partial charge is 0.412 e. The highest BCUT2D eigenvalue weighted by molar-refractivity contribution is 7.91. The fraction of sp³-hybridized carbons (Fsp3) is 0.192. The van der Waals surface area contributed by atoms with Gasteiger partial charge in [0, 0.05) is 37.2 Å². The van der Waals surface area contributed by atoms with Crippen LogP contribution in [-0.4, -0.2) is 35.8 Å². The number of carbonyl (C=O) groups excluding carboxylic acids is 1. The number of carbonyl (C=O) groups is 1. The maximum Gasteiger partial charge on any atom is 0.412 e.